The summed E-state index contributed by atoms with van der Waals surface area (Å²) < 4.78 is 14.4. The van der Waals surface area contributed by atoms with Gasteiger partial charge in [0, 0.05) is 16.3 Å². The minimum Gasteiger partial charge on any atom is -0.326 e. The van der Waals surface area contributed by atoms with Crippen LogP contribution < -0.4 is 5.32 Å². The van der Waals surface area contributed by atoms with E-state index in [0.29, 0.717) is 28.2 Å². The zero-order valence-electron chi connectivity index (χ0n) is 22.1. The summed E-state index contributed by atoms with van der Waals surface area (Å²) in [5, 5.41) is 17.9. The Balaban J connectivity index is 1.75. The maximum Gasteiger partial charge on any atom is 0.228 e. The first-order chi connectivity index (χ1) is 18.2. The van der Waals surface area contributed by atoms with Gasteiger partial charge in [-0.05, 0) is 76.3 Å². The van der Waals surface area contributed by atoms with Gasteiger partial charge < -0.3 is 5.32 Å². The highest BCUT2D eigenvalue weighted by atomic mass is 35.5. The molecule has 0 spiro atoms. The minimum atomic E-state index is -0.492. The van der Waals surface area contributed by atoms with Crippen LogP contribution in [0.5, 0.6) is 0 Å². The Morgan fingerprint density at radius 1 is 0.974 bits per heavy atom. The van der Waals surface area contributed by atoms with E-state index in [2.05, 4.69) is 65.8 Å². The normalized spacial score (nSPS) is 11.5. The smallest absolute Gasteiger partial charge is 0.228 e. The van der Waals surface area contributed by atoms with Crippen molar-refractivity contribution in [3.8, 4) is 22.5 Å². The first-order valence-electron chi connectivity index (χ1n) is 12.9. The number of nitrogens with one attached hydrogen (secondary N) is 2. The van der Waals surface area contributed by atoms with Crippen molar-refractivity contribution in [2.75, 3.05) is 5.32 Å². The molecule has 0 aliphatic carbocycles. The number of hydrogen-bond acceptors (Lipinski definition) is 4. The van der Waals surface area contributed by atoms with Crippen molar-refractivity contribution in [3.05, 3.63) is 82.6 Å². The van der Waals surface area contributed by atoms with Gasteiger partial charge in [0.2, 0.25) is 11.7 Å². The second-order valence-corrected chi connectivity index (χ2v) is 10.9. The van der Waals surface area contributed by atoms with Crippen LogP contribution >= 0.6 is 11.6 Å². The largest absolute Gasteiger partial charge is 0.326 e. The maximum absolute atomic E-state index is 14.4. The van der Waals surface area contributed by atoms with Crippen LogP contribution in [-0.4, -0.2) is 26.5 Å². The van der Waals surface area contributed by atoms with Gasteiger partial charge in [-0.15, -0.1) is 10.2 Å². The summed E-state index contributed by atoms with van der Waals surface area (Å²) in [6.45, 7) is 8.85. The highest BCUT2D eigenvalue weighted by Gasteiger charge is 2.21. The minimum absolute atomic E-state index is 0.0921. The van der Waals surface area contributed by atoms with E-state index in [1.54, 1.807) is 12.1 Å². The van der Waals surface area contributed by atoms with Crippen LogP contribution in [0.15, 0.2) is 60.7 Å². The molecule has 198 valence electrons. The van der Waals surface area contributed by atoms with Crippen LogP contribution in [0.3, 0.4) is 0 Å². The molecule has 0 fully saturated rings. The molecule has 1 amide bonds. The van der Waals surface area contributed by atoms with Crippen molar-refractivity contribution in [2.24, 2.45) is 11.8 Å². The van der Waals surface area contributed by atoms with Crippen LogP contribution in [0, 0.1) is 17.7 Å². The van der Waals surface area contributed by atoms with E-state index < -0.39 is 5.82 Å². The summed E-state index contributed by atoms with van der Waals surface area (Å²) in [4.78, 5) is 13.2. The molecule has 0 radical (unpaired) electrons. The van der Waals surface area contributed by atoms with E-state index in [1.807, 2.05) is 30.3 Å². The standard InChI is InChI=1S/C30H33ClFN5O/c1-18(2)13-22(14-19(3)4)25-12-10-20(24-7-5-6-8-26(24)30-34-36-37-35-30)15-28(25)33-29(38)16-21-9-11-23(31)17-27(21)32/h5-12,15,17-19,22H,13-14,16H2,1-4H3,(H,33,38)(H,34,35,36,37). The van der Waals surface area contributed by atoms with E-state index >= 15 is 0 Å². The van der Waals surface area contributed by atoms with Crippen molar-refractivity contribution in [1.82, 2.24) is 20.6 Å². The lowest BCUT2D eigenvalue weighted by Crippen LogP contribution is -2.18. The number of nitrogens with zero attached hydrogens (tertiary/aromatic N) is 3. The van der Waals surface area contributed by atoms with Gasteiger partial charge in [-0.2, -0.15) is 5.21 Å². The van der Waals surface area contributed by atoms with Crippen molar-refractivity contribution < 1.29 is 9.18 Å². The fourth-order valence-corrected chi connectivity index (χ4v) is 5.07. The van der Waals surface area contributed by atoms with Gasteiger partial charge in [0.25, 0.3) is 0 Å². The van der Waals surface area contributed by atoms with Crippen molar-refractivity contribution in [1.29, 1.82) is 0 Å². The first-order valence-corrected chi connectivity index (χ1v) is 13.3. The summed E-state index contributed by atoms with van der Waals surface area (Å²) in [5.41, 5.74) is 4.77. The molecule has 4 aromatic rings. The van der Waals surface area contributed by atoms with E-state index in [1.165, 1.54) is 6.07 Å². The van der Waals surface area contributed by atoms with Gasteiger partial charge in [0.15, 0.2) is 0 Å². The van der Waals surface area contributed by atoms with Gasteiger partial charge in [-0.3, -0.25) is 4.79 Å². The number of carbonyl (C=O) groups excluding carboxylic acids is 1. The molecule has 38 heavy (non-hydrogen) atoms. The lowest BCUT2D eigenvalue weighted by Gasteiger charge is -2.25. The molecule has 3 aromatic carbocycles. The zero-order chi connectivity index (χ0) is 27.2. The van der Waals surface area contributed by atoms with E-state index in [4.69, 9.17) is 11.6 Å². The highest BCUT2D eigenvalue weighted by molar-refractivity contribution is 6.30. The lowest BCUT2D eigenvalue weighted by molar-refractivity contribution is -0.115. The second kappa shape index (κ2) is 12.3. The molecular weight excluding hydrogens is 501 g/mol. The second-order valence-electron chi connectivity index (χ2n) is 10.5. The Hall–Kier alpha value is -3.58. The molecule has 0 saturated heterocycles. The van der Waals surface area contributed by atoms with Crippen LogP contribution in [-0.2, 0) is 11.2 Å². The van der Waals surface area contributed by atoms with E-state index in [0.717, 1.165) is 40.8 Å². The van der Waals surface area contributed by atoms with E-state index in [-0.39, 0.29) is 18.2 Å². The molecule has 4 rings (SSSR count). The van der Waals surface area contributed by atoms with Gasteiger partial charge >= 0.3 is 0 Å². The number of carbonyl (C=O) groups is 1. The summed E-state index contributed by atoms with van der Waals surface area (Å²) in [6.07, 6.45) is 1.89. The monoisotopic (exact) mass is 533 g/mol. The third kappa shape index (κ3) is 6.84. The topological polar surface area (TPSA) is 83.6 Å². The summed E-state index contributed by atoms with van der Waals surface area (Å²) >= 11 is 5.89. The van der Waals surface area contributed by atoms with Crippen molar-refractivity contribution >= 4 is 23.2 Å². The number of halogens is 2. The SMILES string of the molecule is CC(C)CC(CC(C)C)c1ccc(-c2ccccc2-c2nn[nH]n2)cc1NC(=O)Cc1ccc(Cl)cc1F. The number of amides is 1. The van der Waals surface area contributed by atoms with Crippen LogP contribution in [0.2, 0.25) is 5.02 Å². The van der Waals surface area contributed by atoms with Gasteiger partial charge in [-0.25, -0.2) is 4.39 Å². The van der Waals surface area contributed by atoms with E-state index in [9.17, 15) is 9.18 Å². The van der Waals surface area contributed by atoms with Crippen LogP contribution in [0.1, 0.15) is 57.6 Å². The fraction of sp³-hybridized carbons (Fsp3) is 0.333. The number of anilines is 1. The predicted molar refractivity (Wildman–Crippen MR) is 150 cm³/mol. The maximum atomic E-state index is 14.4. The summed E-state index contributed by atoms with van der Waals surface area (Å²) in [6, 6.07) is 18.4. The molecule has 0 unspecified atom stereocenters. The van der Waals surface area contributed by atoms with Crippen molar-refractivity contribution in [2.45, 2.75) is 52.9 Å². The van der Waals surface area contributed by atoms with Gasteiger partial charge in [-0.1, -0.05) is 81.8 Å². The Morgan fingerprint density at radius 2 is 1.68 bits per heavy atom. The Bertz CT molecular complexity index is 1380. The molecular formula is C30H33ClFN5O. The summed E-state index contributed by atoms with van der Waals surface area (Å²) in [5.74, 6) is 0.954. The molecule has 0 aliphatic heterocycles. The Labute approximate surface area is 228 Å². The average Bonchev–Trinajstić information content (AvgIpc) is 3.40. The molecule has 1 heterocycles. The van der Waals surface area contributed by atoms with Crippen LogP contribution in [0.25, 0.3) is 22.5 Å². The highest BCUT2D eigenvalue weighted by Crippen LogP contribution is 2.39. The quantitative estimate of drug-likeness (QED) is 0.219. The molecule has 0 aliphatic rings. The number of aromatic amines is 1. The molecule has 6 nitrogen and oxygen atoms in total. The molecule has 0 saturated carbocycles. The number of aromatic nitrogens is 4. The zero-order valence-corrected chi connectivity index (χ0v) is 22.9. The number of benzene rings is 3. The van der Waals surface area contributed by atoms with Crippen LogP contribution in [0.4, 0.5) is 10.1 Å². The molecule has 8 heteroatoms. The molecule has 0 bridgehead atoms. The Morgan fingerprint density at radius 3 is 2.32 bits per heavy atom. The van der Waals surface area contributed by atoms with Gasteiger partial charge in [0.05, 0.1) is 6.42 Å². The summed E-state index contributed by atoms with van der Waals surface area (Å²) in [7, 11) is 0. The Kier molecular flexibility index (Phi) is 8.89. The molecule has 1 aromatic heterocycles. The number of hydrogen-bond donors (Lipinski definition) is 2. The first kappa shape index (κ1) is 27.5. The molecule has 0 atom stereocenters. The number of tetrazole rings is 1. The predicted octanol–water partition coefficient (Wildman–Crippen LogP) is 7.68. The average molecular weight is 534 g/mol. The fourth-order valence-electron chi connectivity index (χ4n) is 4.91. The lowest BCUT2D eigenvalue weighted by atomic mass is 9.82. The number of rotatable bonds is 10. The van der Waals surface area contributed by atoms with Gasteiger partial charge in [0.1, 0.15) is 5.82 Å². The van der Waals surface area contributed by atoms with Crippen molar-refractivity contribution in [3.63, 3.8) is 0 Å². The number of H-pyrrole nitrogens is 1. The molecule has 2 N–H and O–H groups in total. The third-order valence-electron chi connectivity index (χ3n) is 6.47. The third-order valence-corrected chi connectivity index (χ3v) is 6.70.